The van der Waals surface area contributed by atoms with Gasteiger partial charge in [-0.15, -0.1) is 0 Å². The van der Waals surface area contributed by atoms with Gasteiger partial charge in [-0.05, 0) is 49.4 Å². The number of fused-ring (bicyclic) bond motifs is 1. The van der Waals surface area contributed by atoms with Crippen molar-refractivity contribution in [1.82, 2.24) is 9.78 Å². The third kappa shape index (κ3) is 3.07. The summed E-state index contributed by atoms with van der Waals surface area (Å²) >= 11 is 6.30. The number of carbonyl (C=O) groups excluding carboxylic acids is 1. The maximum Gasteiger partial charge on any atom is 0.280 e. The molecule has 2 aromatic carbocycles. The standard InChI is InChI=1S/C18H14ClFN2O.C2H6/c1-10-16-14(20)6-3-7-15(16)22(21-10)18(23)17-12(11-8-9-11)4-2-5-13(17)19;1-2/h2-7,11H,8-9H2,1H3;1-2H3. The first-order valence-electron chi connectivity index (χ1n) is 8.55. The molecule has 25 heavy (non-hydrogen) atoms. The van der Waals surface area contributed by atoms with Crippen LogP contribution in [0.4, 0.5) is 4.39 Å². The van der Waals surface area contributed by atoms with Gasteiger partial charge in [0.25, 0.3) is 5.91 Å². The van der Waals surface area contributed by atoms with Crippen LogP contribution in [0.3, 0.4) is 0 Å². The Labute approximate surface area is 151 Å². The largest absolute Gasteiger partial charge is 0.280 e. The summed E-state index contributed by atoms with van der Waals surface area (Å²) in [5.41, 5.74) is 2.39. The molecule has 0 unspecified atom stereocenters. The molecule has 1 aliphatic rings. The van der Waals surface area contributed by atoms with E-state index in [4.69, 9.17) is 11.6 Å². The quantitative estimate of drug-likeness (QED) is 0.586. The summed E-state index contributed by atoms with van der Waals surface area (Å²) in [5, 5.41) is 5.05. The molecule has 0 radical (unpaired) electrons. The molecule has 1 heterocycles. The maximum absolute atomic E-state index is 14.0. The second-order valence-electron chi connectivity index (χ2n) is 5.91. The fourth-order valence-corrected chi connectivity index (χ4v) is 3.33. The first-order chi connectivity index (χ1) is 12.1. The molecule has 0 spiro atoms. The molecule has 0 N–H and O–H groups in total. The van der Waals surface area contributed by atoms with Gasteiger partial charge in [0.15, 0.2) is 0 Å². The molecule has 0 bridgehead atoms. The minimum atomic E-state index is -0.374. The van der Waals surface area contributed by atoms with E-state index in [1.807, 2.05) is 26.0 Å². The maximum atomic E-state index is 14.0. The summed E-state index contributed by atoms with van der Waals surface area (Å²) in [6.07, 6.45) is 2.13. The van der Waals surface area contributed by atoms with Crippen molar-refractivity contribution in [3.05, 3.63) is 64.1 Å². The van der Waals surface area contributed by atoms with Gasteiger partial charge in [0.05, 0.1) is 27.2 Å². The van der Waals surface area contributed by atoms with Crippen LogP contribution in [-0.4, -0.2) is 15.7 Å². The highest BCUT2D eigenvalue weighted by Crippen LogP contribution is 2.43. The van der Waals surface area contributed by atoms with Crippen molar-refractivity contribution in [3.8, 4) is 0 Å². The van der Waals surface area contributed by atoms with E-state index in [-0.39, 0.29) is 11.7 Å². The molecule has 0 aliphatic heterocycles. The van der Waals surface area contributed by atoms with Crippen molar-refractivity contribution in [1.29, 1.82) is 0 Å². The average molecular weight is 359 g/mol. The monoisotopic (exact) mass is 358 g/mol. The van der Waals surface area contributed by atoms with Crippen molar-refractivity contribution in [2.75, 3.05) is 0 Å². The van der Waals surface area contributed by atoms with E-state index in [2.05, 4.69) is 5.10 Å². The highest BCUT2D eigenvalue weighted by molar-refractivity contribution is 6.34. The third-order valence-electron chi connectivity index (χ3n) is 4.30. The first-order valence-corrected chi connectivity index (χ1v) is 8.92. The number of aromatic nitrogens is 2. The van der Waals surface area contributed by atoms with Gasteiger partial charge in [-0.1, -0.05) is 43.6 Å². The lowest BCUT2D eigenvalue weighted by Gasteiger charge is -2.10. The summed E-state index contributed by atoms with van der Waals surface area (Å²) in [7, 11) is 0. The Hall–Kier alpha value is -2.20. The zero-order valence-electron chi connectivity index (χ0n) is 14.5. The lowest BCUT2D eigenvalue weighted by molar-refractivity contribution is 0.0949. The van der Waals surface area contributed by atoms with Crippen LogP contribution < -0.4 is 0 Å². The zero-order valence-corrected chi connectivity index (χ0v) is 15.3. The molecular weight excluding hydrogens is 339 g/mol. The Morgan fingerprint density at radius 2 is 1.88 bits per heavy atom. The Bertz CT molecular complexity index is 944. The van der Waals surface area contributed by atoms with Gasteiger partial charge < -0.3 is 0 Å². The van der Waals surface area contributed by atoms with Crippen LogP contribution in [0.5, 0.6) is 0 Å². The number of hydrogen-bond acceptors (Lipinski definition) is 2. The smallest absolute Gasteiger partial charge is 0.267 e. The summed E-state index contributed by atoms with van der Waals surface area (Å²) in [4.78, 5) is 13.1. The van der Waals surface area contributed by atoms with E-state index in [0.717, 1.165) is 18.4 Å². The van der Waals surface area contributed by atoms with Gasteiger partial charge in [0.1, 0.15) is 5.82 Å². The van der Waals surface area contributed by atoms with Crippen LogP contribution in [0.25, 0.3) is 10.9 Å². The molecular formula is C20H20ClFN2O. The lowest BCUT2D eigenvalue weighted by atomic mass is 10.0. The molecule has 0 saturated heterocycles. The predicted molar refractivity (Wildman–Crippen MR) is 98.9 cm³/mol. The highest BCUT2D eigenvalue weighted by Gasteiger charge is 2.30. The van der Waals surface area contributed by atoms with Crippen LogP contribution in [0, 0.1) is 12.7 Å². The molecule has 1 aromatic heterocycles. The van der Waals surface area contributed by atoms with Gasteiger partial charge in [-0.2, -0.15) is 9.78 Å². The van der Waals surface area contributed by atoms with E-state index < -0.39 is 0 Å². The predicted octanol–water partition coefficient (Wildman–Crippen LogP) is 5.73. The zero-order chi connectivity index (χ0) is 18.1. The molecule has 1 fully saturated rings. The van der Waals surface area contributed by atoms with Gasteiger partial charge in [-0.3, -0.25) is 4.79 Å². The van der Waals surface area contributed by atoms with Gasteiger partial charge in [-0.25, -0.2) is 4.39 Å². The first kappa shape index (κ1) is 17.6. The van der Waals surface area contributed by atoms with E-state index in [0.29, 0.717) is 33.1 Å². The van der Waals surface area contributed by atoms with Crippen LogP contribution in [0.2, 0.25) is 5.02 Å². The summed E-state index contributed by atoms with van der Waals surface area (Å²) in [6.45, 7) is 5.70. The van der Waals surface area contributed by atoms with E-state index >= 15 is 0 Å². The minimum absolute atomic E-state index is 0.304. The Morgan fingerprint density at radius 3 is 2.56 bits per heavy atom. The molecule has 5 heteroatoms. The van der Waals surface area contributed by atoms with Crippen molar-refractivity contribution in [2.45, 2.75) is 39.5 Å². The number of halogens is 2. The molecule has 0 atom stereocenters. The molecule has 0 amide bonds. The summed E-state index contributed by atoms with van der Waals surface area (Å²) < 4.78 is 15.3. The molecule has 130 valence electrons. The molecule has 4 rings (SSSR count). The van der Waals surface area contributed by atoms with E-state index in [9.17, 15) is 9.18 Å². The topological polar surface area (TPSA) is 34.9 Å². The fraction of sp³-hybridized carbons (Fsp3) is 0.300. The Balaban J connectivity index is 0.000000880. The SMILES string of the molecule is CC.Cc1nn(C(=O)c2c(Cl)cccc2C2CC2)c2cccc(F)c12. The second-order valence-corrected chi connectivity index (χ2v) is 6.32. The highest BCUT2D eigenvalue weighted by atomic mass is 35.5. The molecule has 3 nitrogen and oxygen atoms in total. The Kier molecular flexibility index (Phi) is 4.91. The number of carbonyl (C=O) groups is 1. The van der Waals surface area contributed by atoms with Crippen LogP contribution in [-0.2, 0) is 0 Å². The fourth-order valence-electron chi connectivity index (χ4n) is 3.06. The second kappa shape index (κ2) is 6.96. The number of nitrogens with zero attached hydrogens (tertiary/aromatic N) is 2. The van der Waals surface area contributed by atoms with Crippen LogP contribution in [0.1, 0.15) is 54.2 Å². The van der Waals surface area contributed by atoms with E-state index in [1.54, 1.807) is 25.1 Å². The molecule has 1 aliphatic carbocycles. The van der Waals surface area contributed by atoms with Crippen LogP contribution in [0.15, 0.2) is 36.4 Å². The number of aryl methyl sites for hydroxylation is 1. The van der Waals surface area contributed by atoms with Crippen molar-refractivity contribution >= 4 is 28.4 Å². The minimum Gasteiger partial charge on any atom is -0.267 e. The number of hydrogen-bond donors (Lipinski definition) is 0. The number of benzene rings is 2. The van der Waals surface area contributed by atoms with Crippen molar-refractivity contribution in [2.24, 2.45) is 0 Å². The molecule has 3 aromatic rings. The summed E-state index contributed by atoms with van der Waals surface area (Å²) in [6, 6.07) is 10.2. The van der Waals surface area contributed by atoms with Gasteiger partial charge >= 0.3 is 0 Å². The lowest BCUT2D eigenvalue weighted by Crippen LogP contribution is -2.16. The molecule has 1 saturated carbocycles. The van der Waals surface area contributed by atoms with Crippen molar-refractivity contribution in [3.63, 3.8) is 0 Å². The third-order valence-corrected chi connectivity index (χ3v) is 4.62. The number of rotatable bonds is 2. The van der Waals surface area contributed by atoms with Gasteiger partial charge in [0.2, 0.25) is 0 Å². The Morgan fingerprint density at radius 1 is 1.20 bits per heavy atom. The normalized spacial score (nSPS) is 13.5. The average Bonchev–Trinajstić information content (AvgIpc) is 3.40. The van der Waals surface area contributed by atoms with Gasteiger partial charge in [0, 0.05) is 0 Å². The summed E-state index contributed by atoms with van der Waals surface area (Å²) in [5.74, 6) is -0.297. The van der Waals surface area contributed by atoms with Crippen LogP contribution >= 0.6 is 11.6 Å². The van der Waals surface area contributed by atoms with Crippen molar-refractivity contribution < 1.29 is 9.18 Å². The van der Waals surface area contributed by atoms with E-state index in [1.165, 1.54) is 10.7 Å².